The summed E-state index contributed by atoms with van der Waals surface area (Å²) >= 11 is 3.41. The second kappa shape index (κ2) is 6.34. The van der Waals surface area contributed by atoms with Crippen LogP contribution < -0.4 is 0 Å². The molecule has 2 aromatic heterocycles. The Bertz CT molecular complexity index is 1200. The molecule has 0 saturated heterocycles. The summed E-state index contributed by atoms with van der Waals surface area (Å²) < 4.78 is 0.843. The number of amides is 1. The van der Waals surface area contributed by atoms with Gasteiger partial charge in [0.25, 0.3) is 5.91 Å². The molecule has 0 atom stereocenters. The van der Waals surface area contributed by atoms with Gasteiger partial charge in [-0.3, -0.25) is 9.78 Å². The minimum Gasteiger partial charge on any atom is -0.493 e. The fourth-order valence-electron chi connectivity index (χ4n) is 2.87. The number of carbonyl (C=O) groups excluding carboxylic acids is 1. The van der Waals surface area contributed by atoms with Crippen molar-refractivity contribution < 1.29 is 9.90 Å². The number of H-pyrrole nitrogens is 1. The van der Waals surface area contributed by atoms with Gasteiger partial charge in [0.15, 0.2) is 5.69 Å². The zero-order valence-corrected chi connectivity index (χ0v) is 15.3. The van der Waals surface area contributed by atoms with E-state index in [0.29, 0.717) is 27.5 Å². The number of azo groups is 1. The topological polar surface area (TPSA) is 90.7 Å². The molecule has 26 heavy (non-hydrogen) atoms. The van der Waals surface area contributed by atoms with Gasteiger partial charge in [-0.15, -0.1) is 10.2 Å². The van der Waals surface area contributed by atoms with E-state index in [0.717, 1.165) is 9.99 Å². The Kier molecular flexibility index (Phi) is 4.00. The van der Waals surface area contributed by atoms with Crippen molar-refractivity contribution in [3.05, 3.63) is 64.3 Å². The molecule has 0 aliphatic heterocycles. The molecule has 7 heteroatoms. The highest BCUT2D eigenvalue weighted by molar-refractivity contribution is 9.10. The van der Waals surface area contributed by atoms with E-state index < -0.39 is 5.91 Å². The Hall–Kier alpha value is -3.06. The molecule has 0 bridgehead atoms. The van der Waals surface area contributed by atoms with Crippen molar-refractivity contribution in [2.24, 2.45) is 10.2 Å². The molecular formula is C19H13BrN4O2. The number of hydrogen-bond donors (Lipinski definition) is 2. The van der Waals surface area contributed by atoms with Crippen LogP contribution in [0, 0.1) is 6.92 Å². The molecule has 6 nitrogen and oxygen atoms in total. The molecule has 0 aliphatic carbocycles. The average molecular weight is 409 g/mol. The Morgan fingerprint density at radius 2 is 1.96 bits per heavy atom. The first-order valence-electron chi connectivity index (χ1n) is 7.85. The Morgan fingerprint density at radius 3 is 2.81 bits per heavy atom. The van der Waals surface area contributed by atoms with E-state index in [1.54, 1.807) is 12.1 Å². The van der Waals surface area contributed by atoms with Gasteiger partial charge < -0.3 is 10.1 Å². The van der Waals surface area contributed by atoms with E-state index in [9.17, 15) is 9.90 Å². The number of aryl methyl sites for hydroxylation is 1. The van der Waals surface area contributed by atoms with Crippen LogP contribution in [0.1, 0.15) is 16.1 Å². The third-order valence-corrected chi connectivity index (χ3v) is 4.52. The fourth-order valence-corrected chi connectivity index (χ4v) is 3.23. The number of rotatable bonds is 2. The van der Waals surface area contributed by atoms with Gasteiger partial charge in [-0.1, -0.05) is 34.1 Å². The van der Waals surface area contributed by atoms with Gasteiger partial charge in [-0.2, -0.15) is 0 Å². The molecule has 0 unspecified atom stereocenters. The second-order valence-electron chi connectivity index (χ2n) is 5.85. The van der Waals surface area contributed by atoms with Crippen molar-refractivity contribution in [1.82, 2.24) is 9.97 Å². The predicted octanol–water partition coefficient (Wildman–Crippen LogP) is 5.42. The predicted molar refractivity (Wildman–Crippen MR) is 103 cm³/mol. The SMILES string of the molecule is Cc1cc(C(=O)N=Nc2c(O)[nH]c3ccccc23)c2cc(Br)ccc2n1. The summed E-state index contributed by atoms with van der Waals surface area (Å²) in [5.41, 5.74) is 2.80. The average Bonchev–Trinajstić information content (AvgIpc) is 2.94. The Balaban J connectivity index is 1.79. The maximum Gasteiger partial charge on any atom is 0.296 e. The van der Waals surface area contributed by atoms with Crippen LogP contribution in [-0.2, 0) is 0 Å². The maximum absolute atomic E-state index is 12.7. The molecular weight excluding hydrogens is 396 g/mol. The van der Waals surface area contributed by atoms with Crippen LogP contribution in [0.25, 0.3) is 21.8 Å². The lowest BCUT2D eigenvalue weighted by Gasteiger charge is -2.05. The van der Waals surface area contributed by atoms with E-state index in [2.05, 4.69) is 36.1 Å². The second-order valence-corrected chi connectivity index (χ2v) is 6.76. The summed E-state index contributed by atoms with van der Waals surface area (Å²) in [4.78, 5) is 19.9. The van der Waals surface area contributed by atoms with Crippen molar-refractivity contribution in [2.75, 3.05) is 0 Å². The van der Waals surface area contributed by atoms with Crippen LogP contribution in [0.15, 0.2) is 63.2 Å². The number of hydrogen-bond acceptors (Lipinski definition) is 4. The number of carbonyl (C=O) groups is 1. The van der Waals surface area contributed by atoms with Gasteiger partial charge in [0.2, 0.25) is 5.88 Å². The Morgan fingerprint density at radius 1 is 1.15 bits per heavy atom. The standard InChI is InChI=1S/C19H13BrN4O2/c1-10-8-14(13-9-11(20)6-7-16(13)21-10)18(25)24-23-17-12-4-2-3-5-15(12)22-19(17)26/h2-9,22,26H,1H3. The summed E-state index contributed by atoms with van der Waals surface area (Å²) in [6.45, 7) is 1.82. The van der Waals surface area contributed by atoms with E-state index >= 15 is 0 Å². The molecule has 4 rings (SSSR count). The van der Waals surface area contributed by atoms with Gasteiger partial charge in [-0.25, -0.2) is 0 Å². The van der Waals surface area contributed by atoms with Crippen molar-refractivity contribution in [1.29, 1.82) is 0 Å². The van der Waals surface area contributed by atoms with Crippen LogP contribution >= 0.6 is 15.9 Å². The molecule has 0 aliphatic rings. The number of fused-ring (bicyclic) bond motifs is 2. The number of pyridine rings is 1. The van der Waals surface area contributed by atoms with Crippen LogP contribution in [0.5, 0.6) is 5.88 Å². The summed E-state index contributed by atoms with van der Waals surface area (Å²) in [7, 11) is 0. The first-order chi connectivity index (χ1) is 12.5. The van der Waals surface area contributed by atoms with E-state index in [1.807, 2.05) is 43.3 Å². The minimum absolute atomic E-state index is 0.124. The van der Waals surface area contributed by atoms with Crippen molar-refractivity contribution in [3.8, 4) is 5.88 Å². The molecule has 0 fully saturated rings. The Labute approximate surface area is 156 Å². The van der Waals surface area contributed by atoms with Crippen LogP contribution in [0.3, 0.4) is 0 Å². The first kappa shape index (κ1) is 16.4. The first-order valence-corrected chi connectivity index (χ1v) is 8.65. The van der Waals surface area contributed by atoms with Crippen LogP contribution in [-0.4, -0.2) is 21.0 Å². The quantitative estimate of drug-likeness (QED) is 0.434. The molecule has 128 valence electrons. The lowest BCUT2D eigenvalue weighted by Crippen LogP contribution is -1.98. The third-order valence-electron chi connectivity index (χ3n) is 4.03. The smallest absolute Gasteiger partial charge is 0.296 e. The molecule has 4 aromatic rings. The van der Waals surface area contributed by atoms with Crippen molar-refractivity contribution in [3.63, 3.8) is 0 Å². The van der Waals surface area contributed by atoms with Gasteiger partial charge >= 0.3 is 0 Å². The zero-order valence-electron chi connectivity index (χ0n) is 13.7. The zero-order chi connectivity index (χ0) is 18.3. The van der Waals surface area contributed by atoms with Crippen LogP contribution in [0.2, 0.25) is 0 Å². The number of halogens is 1. The van der Waals surface area contributed by atoms with E-state index in [-0.39, 0.29) is 11.6 Å². The number of nitrogens with one attached hydrogen (secondary N) is 1. The number of aromatic amines is 1. The van der Waals surface area contributed by atoms with Crippen molar-refractivity contribution >= 4 is 49.3 Å². The molecule has 0 spiro atoms. The minimum atomic E-state index is -0.497. The highest BCUT2D eigenvalue weighted by atomic mass is 79.9. The highest BCUT2D eigenvalue weighted by Crippen LogP contribution is 2.35. The molecule has 0 radical (unpaired) electrons. The largest absolute Gasteiger partial charge is 0.493 e. The summed E-state index contributed by atoms with van der Waals surface area (Å²) in [6, 6.07) is 14.5. The van der Waals surface area contributed by atoms with E-state index in [1.165, 1.54) is 0 Å². The highest BCUT2D eigenvalue weighted by Gasteiger charge is 2.14. The molecule has 2 aromatic carbocycles. The maximum atomic E-state index is 12.7. The fraction of sp³-hybridized carbons (Fsp3) is 0.0526. The summed E-state index contributed by atoms with van der Waals surface area (Å²) in [6.07, 6.45) is 0. The lowest BCUT2D eigenvalue weighted by atomic mass is 10.1. The van der Waals surface area contributed by atoms with Crippen molar-refractivity contribution in [2.45, 2.75) is 6.92 Å². The number of aromatic nitrogens is 2. The lowest BCUT2D eigenvalue weighted by molar-refractivity contribution is 0.0996. The third kappa shape index (κ3) is 2.86. The van der Waals surface area contributed by atoms with Gasteiger partial charge in [0.1, 0.15) is 0 Å². The number of aromatic hydroxyl groups is 1. The molecule has 1 amide bonds. The van der Waals surface area contributed by atoms with Gasteiger partial charge in [0, 0.05) is 20.9 Å². The van der Waals surface area contributed by atoms with Crippen LogP contribution in [0.4, 0.5) is 5.69 Å². The number of benzene rings is 2. The molecule has 2 heterocycles. The molecule has 0 saturated carbocycles. The van der Waals surface area contributed by atoms with Gasteiger partial charge in [0.05, 0.1) is 16.6 Å². The molecule has 2 N–H and O–H groups in total. The van der Waals surface area contributed by atoms with Gasteiger partial charge in [-0.05, 0) is 37.3 Å². The number of para-hydroxylation sites is 1. The summed E-state index contributed by atoms with van der Waals surface area (Å²) in [5.74, 6) is -0.621. The van der Waals surface area contributed by atoms with E-state index in [4.69, 9.17) is 0 Å². The normalized spacial score (nSPS) is 11.6. The monoisotopic (exact) mass is 408 g/mol. The summed E-state index contributed by atoms with van der Waals surface area (Å²) in [5, 5.41) is 19.2. The number of nitrogens with zero attached hydrogens (tertiary/aromatic N) is 3.